The molecule has 5 N–H and O–H groups in total. The Morgan fingerprint density at radius 1 is 0.652 bits per heavy atom. The number of hydrogen-bond acceptors (Lipinski definition) is 8. The van der Waals surface area contributed by atoms with Gasteiger partial charge in [0, 0.05) is 17.7 Å². The highest BCUT2D eigenvalue weighted by molar-refractivity contribution is 6.70. The highest BCUT2D eigenvalue weighted by Gasteiger charge is 2.30. The molecular weight excluding hydrogens is 308 g/mol. The molecule has 2 aromatic carbocycles. The van der Waals surface area contributed by atoms with E-state index in [9.17, 15) is 29.7 Å². The number of hydrogen-bond donors (Lipinski definition) is 5. The smallest absolute Gasteiger partial charge is 0.274 e. The molecule has 2 aromatic rings. The van der Waals surface area contributed by atoms with Crippen molar-refractivity contribution in [3.8, 4) is 28.7 Å². The van der Waals surface area contributed by atoms with Gasteiger partial charge in [0.05, 0.1) is 0 Å². The van der Waals surface area contributed by atoms with Gasteiger partial charge in [-0.3, -0.25) is 14.4 Å². The summed E-state index contributed by atoms with van der Waals surface area (Å²) in [5.74, 6) is -7.84. The van der Waals surface area contributed by atoms with Crippen LogP contribution >= 0.6 is 0 Å². The molecule has 0 unspecified atom stereocenters. The molecule has 0 spiro atoms. The maximum atomic E-state index is 12.0. The van der Waals surface area contributed by atoms with Crippen LogP contribution in [0.1, 0.15) is 20.7 Å². The third kappa shape index (κ3) is 2.91. The lowest BCUT2D eigenvalue weighted by Gasteiger charge is -2.06. The largest absolute Gasteiger partial charge is 0.508 e. The fourth-order valence-corrected chi connectivity index (χ4v) is 1.84. The van der Waals surface area contributed by atoms with Gasteiger partial charge in [0.2, 0.25) is 11.6 Å². The van der Waals surface area contributed by atoms with Crippen molar-refractivity contribution in [3.63, 3.8) is 0 Å². The van der Waals surface area contributed by atoms with E-state index in [1.807, 2.05) is 0 Å². The normalized spacial score (nSPS) is 10.3. The van der Waals surface area contributed by atoms with Gasteiger partial charge in [0.25, 0.3) is 5.78 Å². The van der Waals surface area contributed by atoms with Gasteiger partial charge < -0.3 is 25.5 Å². The fraction of sp³-hybridized carbons (Fsp3) is 0. The number of phenolic OH excluding ortho intramolecular Hbond substituents is 5. The second-order valence-electron chi connectivity index (χ2n) is 4.55. The van der Waals surface area contributed by atoms with E-state index in [0.717, 1.165) is 30.3 Å². The first-order chi connectivity index (χ1) is 10.7. The molecular formula is C15H10O8. The van der Waals surface area contributed by atoms with Crippen molar-refractivity contribution in [1.82, 2.24) is 0 Å². The second-order valence-corrected chi connectivity index (χ2v) is 4.55. The molecule has 0 aliphatic carbocycles. The Hall–Kier alpha value is -3.55. The molecule has 0 amide bonds. The van der Waals surface area contributed by atoms with Crippen LogP contribution in [-0.2, 0) is 4.79 Å². The van der Waals surface area contributed by atoms with Crippen LogP contribution in [-0.4, -0.2) is 42.9 Å². The summed E-state index contributed by atoms with van der Waals surface area (Å²) in [6.45, 7) is 0. The predicted molar refractivity (Wildman–Crippen MR) is 74.9 cm³/mol. The summed E-state index contributed by atoms with van der Waals surface area (Å²) < 4.78 is 0. The van der Waals surface area contributed by atoms with Crippen LogP contribution in [0.25, 0.3) is 0 Å². The van der Waals surface area contributed by atoms with E-state index in [1.165, 1.54) is 0 Å². The fourth-order valence-electron chi connectivity index (χ4n) is 1.84. The highest BCUT2D eigenvalue weighted by atomic mass is 16.3. The molecule has 0 heterocycles. The Morgan fingerprint density at radius 3 is 1.74 bits per heavy atom. The maximum absolute atomic E-state index is 12.0. The van der Waals surface area contributed by atoms with Crippen molar-refractivity contribution in [2.24, 2.45) is 0 Å². The summed E-state index contributed by atoms with van der Waals surface area (Å²) >= 11 is 0. The lowest BCUT2D eigenvalue weighted by atomic mass is 9.98. The third-order valence-electron chi connectivity index (χ3n) is 2.96. The summed E-state index contributed by atoms with van der Waals surface area (Å²) in [5.41, 5.74) is -1.19. The molecule has 0 aromatic heterocycles. The van der Waals surface area contributed by atoms with Crippen molar-refractivity contribution in [1.29, 1.82) is 0 Å². The van der Waals surface area contributed by atoms with Crippen LogP contribution in [0.4, 0.5) is 0 Å². The van der Waals surface area contributed by atoms with Crippen LogP contribution < -0.4 is 0 Å². The van der Waals surface area contributed by atoms with E-state index in [2.05, 4.69) is 0 Å². The first-order valence-electron chi connectivity index (χ1n) is 6.12. The molecule has 2 rings (SSSR count). The molecule has 8 heteroatoms. The van der Waals surface area contributed by atoms with Crippen molar-refractivity contribution < 1.29 is 39.9 Å². The first kappa shape index (κ1) is 15.8. The molecule has 0 aliphatic rings. The van der Waals surface area contributed by atoms with Crippen LogP contribution in [0.3, 0.4) is 0 Å². The Kier molecular flexibility index (Phi) is 3.91. The summed E-state index contributed by atoms with van der Waals surface area (Å²) in [6.07, 6.45) is 0. The molecule has 0 bridgehead atoms. The summed E-state index contributed by atoms with van der Waals surface area (Å²) in [5, 5.41) is 46.7. The van der Waals surface area contributed by atoms with E-state index in [0.29, 0.717) is 0 Å². The molecule has 0 radical (unpaired) electrons. The lowest BCUT2D eigenvalue weighted by molar-refractivity contribution is -0.111. The first-order valence-corrected chi connectivity index (χ1v) is 6.12. The van der Waals surface area contributed by atoms with Gasteiger partial charge in [-0.1, -0.05) is 0 Å². The van der Waals surface area contributed by atoms with Gasteiger partial charge in [0.15, 0.2) is 11.5 Å². The second kappa shape index (κ2) is 5.68. The molecule has 0 saturated heterocycles. The van der Waals surface area contributed by atoms with Gasteiger partial charge in [-0.15, -0.1) is 0 Å². The Morgan fingerprint density at radius 2 is 1.22 bits per heavy atom. The maximum Gasteiger partial charge on any atom is 0.274 e. The van der Waals surface area contributed by atoms with Crippen LogP contribution in [0.2, 0.25) is 0 Å². The van der Waals surface area contributed by atoms with E-state index in [4.69, 9.17) is 10.2 Å². The van der Waals surface area contributed by atoms with Gasteiger partial charge in [-0.05, 0) is 18.2 Å². The number of carbonyl (C=O) groups excluding carboxylic acids is 3. The number of benzene rings is 2. The van der Waals surface area contributed by atoms with Crippen molar-refractivity contribution in [3.05, 3.63) is 41.5 Å². The molecule has 0 atom stereocenters. The van der Waals surface area contributed by atoms with Crippen LogP contribution in [0, 0.1) is 0 Å². The van der Waals surface area contributed by atoms with Crippen molar-refractivity contribution in [2.45, 2.75) is 0 Å². The number of aromatic hydroxyl groups is 5. The number of rotatable bonds is 4. The number of phenols is 5. The average Bonchev–Trinajstić information content (AvgIpc) is 2.47. The van der Waals surface area contributed by atoms with E-state index < -0.39 is 51.7 Å². The molecule has 0 saturated carbocycles. The standard InChI is InChI=1S/C15H10O8/c16-7-4-10(19)12(11(20)5-7)14(22)15(23)13(21)6-1-2-8(17)9(18)3-6/h1-5,16-20H. The van der Waals surface area contributed by atoms with Crippen LogP contribution in [0.5, 0.6) is 28.7 Å². The Balaban J connectivity index is 2.38. The minimum absolute atomic E-state index is 0.364. The topological polar surface area (TPSA) is 152 Å². The molecule has 118 valence electrons. The van der Waals surface area contributed by atoms with Crippen molar-refractivity contribution in [2.75, 3.05) is 0 Å². The molecule has 0 aliphatic heterocycles. The third-order valence-corrected chi connectivity index (χ3v) is 2.96. The predicted octanol–water partition coefficient (Wildman–Crippen LogP) is 0.849. The summed E-state index contributed by atoms with van der Waals surface area (Å²) in [7, 11) is 0. The zero-order valence-corrected chi connectivity index (χ0v) is 11.3. The lowest BCUT2D eigenvalue weighted by Crippen LogP contribution is -2.24. The highest BCUT2D eigenvalue weighted by Crippen LogP contribution is 2.32. The van der Waals surface area contributed by atoms with Gasteiger partial charge in [0.1, 0.15) is 22.8 Å². The zero-order chi connectivity index (χ0) is 17.3. The van der Waals surface area contributed by atoms with Gasteiger partial charge in [-0.25, -0.2) is 0 Å². The Bertz CT molecular complexity index is 814. The van der Waals surface area contributed by atoms with E-state index >= 15 is 0 Å². The summed E-state index contributed by atoms with van der Waals surface area (Å²) in [4.78, 5) is 35.8. The zero-order valence-electron chi connectivity index (χ0n) is 11.3. The quantitative estimate of drug-likeness (QED) is 0.241. The van der Waals surface area contributed by atoms with Gasteiger partial charge in [-0.2, -0.15) is 0 Å². The minimum atomic E-state index is -1.58. The minimum Gasteiger partial charge on any atom is -0.508 e. The van der Waals surface area contributed by atoms with Gasteiger partial charge >= 0.3 is 0 Å². The van der Waals surface area contributed by atoms with Crippen molar-refractivity contribution >= 4 is 17.3 Å². The average molecular weight is 318 g/mol. The van der Waals surface area contributed by atoms with Crippen LogP contribution in [0.15, 0.2) is 30.3 Å². The van der Waals surface area contributed by atoms with E-state index in [1.54, 1.807) is 0 Å². The van der Waals surface area contributed by atoms with E-state index in [-0.39, 0.29) is 5.56 Å². The number of carbonyl (C=O) groups is 3. The molecule has 0 fully saturated rings. The number of ketones is 3. The molecule has 8 nitrogen and oxygen atoms in total. The number of Topliss-reactive ketones (excluding diaryl/α,β-unsaturated/α-hetero) is 3. The SMILES string of the molecule is O=C(C(=O)c1ccc(O)c(O)c1)C(=O)c1c(O)cc(O)cc1O. The Labute approximate surface area is 128 Å². The summed E-state index contributed by atoms with van der Waals surface area (Å²) in [6, 6.07) is 4.20. The molecule has 23 heavy (non-hydrogen) atoms. The monoisotopic (exact) mass is 318 g/mol.